The first-order valence-electron chi connectivity index (χ1n) is 7.51. The highest BCUT2D eigenvalue weighted by molar-refractivity contribution is 5.79. The number of nitrogens with zero attached hydrogens (tertiary/aromatic N) is 4. The van der Waals surface area contributed by atoms with Crippen LogP contribution in [-0.2, 0) is 0 Å². The number of aromatic nitrogens is 4. The summed E-state index contributed by atoms with van der Waals surface area (Å²) in [6.07, 6.45) is 3.47. The van der Waals surface area contributed by atoms with Gasteiger partial charge in [-0.15, -0.1) is 0 Å². The monoisotopic (exact) mass is 314 g/mol. The topological polar surface area (TPSA) is 75.6 Å². The molecule has 4 aromatic rings. The SMILES string of the molecule is c1ccc(Nc2ccc3ccc(Nc4ccccn4)nc3n2)nc1. The van der Waals surface area contributed by atoms with Crippen molar-refractivity contribution in [1.29, 1.82) is 0 Å². The molecule has 0 amide bonds. The Morgan fingerprint density at radius 2 is 1.08 bits per heavy atom. The van der Waals surface area contributed by atoms with Crippen LogP contribution in [0.4, 0.5) is 23.3 Å². The van der Waals surface area contributed by atoms with E-state index in [1.165, 1.54) is 0 Å². The maximum absolute atomic E-state index is 4.55. The molecule has 6 nitrogen and oxygen atoms in total. The Hall–Kier alpha value is -3.54. The number of rotatable bonds is 4. The number of anilines is 4. The number of nitrogens with one attached hydrogen (secondary N) is 2. The van der Waals surface area contributed by atoms with Gasteiger partial charge in [0, 0.05) is 17.8 Å². The summed E-state index contributed by atoms with van der Waals surface area (Å²) in [6, 6.07) is 19.1. The second-order valence-corrected chi connectivity index (χ2v) is 5.12. The molecule has 0 aromatic carbocycles. The molecule has 0 fully saturated rings. The van der Waals surface area contributed by atoms with Crippen LogP contribution >= 0.6 is 0 Å². The summed E-state index contributed by atoms with van der Waals surface area (Å²) in [5, 5.41) is 7.31. The van der Waals surface area contributed by atoms with E-state index >= 15 is 0 Å². The fraction of sp³-hybridized carbons (Fsp3) is 0. The molecule has 0 aliphatic rings. The van der Waals surface area contributed by atoms with Gasteiger partial charge in [0.15, 0.2) is 5.65 Å². The molecule has 24 heavy (non-hydrogen) atoms. The molecule has 0 saturated carbocycles. The molecular weight excluding hydrogens is 300 g/mol. The third-order valence-corrected chi connectivity index (χ3v) is 3.39. The van der Waals surface area contributed by atoms with Crippen LogP contribution in [0.3, 0.4) is 0 Å². The zero-order valence-electron chi connectivity index (χ0n) is 12.7. The molecule has 4 aromatic heterocycles. The minimum Gasteiger partial charge on any atom is -0.325 e. The van der Waals surface area contributed by atoms with Gasteiger partial charge in [0.05, 0.1) is 0 Å². The molecule has 0 aliphatic heterocycles. The molecule has 0 atom stereocenters. The predicted molar refractivity (Wildman–Crippen MR) is 94.6 cm³/mol. The lowest BCUT2D eigenvalue weighted by molar-refractivity contribution is 1.23. The van der Waals surface area contributed by atoms with E-state index < -0.39 is 0 Å². The first-order valence-corrected chi connectivity index (χ1v) is 7.51. The molecule has 0 saturated heterocycles. The van der Waals surface area contributed by atoms with Crippen LogP contribution in [-0.4, -0.2) is 19.9 Å². The van der Waals surface area contributed by atoms with Crippen molar-refractivity contribution in [2.75, 3.05) is 10.6 Å². The van der Waals surface area contributed by atoms with Gasteiger partial charge in [-0.1, -0.05) is 12.1 Å². The average Bonchev–Trinajstić information content (AvgIpc) is 2.63. The summed E-state index contributed by atoms with van der Waals surface area (Å²) in [7, 11) is 0. The van der Waals surface area contributed by atoms with Crippen molar-refractivity contribution in [3.8, 4) is 0 Å². The number of fused-ring (bicyclic) bond motifs is 1. The van der Waals surface area contributed by atoms with Crippen LogP contribution in [0.15, 0.2) is 73.1 Å². The standard InChI is InChI=1S/C18H14N6/c1-3-11-19-14(5-1)21-16-9-7-13-8-10-17(24-18(13)23-16)22-15-6-2-4-12-20-15/h1-12H,(H2,19,20,21,22,23,24). The second-order valence-electron chi connectivity index (χ2n) is 5.12. The lowest BCUT2D eigenvalue weighted by Gasteiger charge is -2.07. The van der Waals surface area contributed by atoms with Crippen LogP contribution in [0, 0.1) is 0 Å². The van der Waals surface area contributed by atoms with Gasteiger partial charge < -0.3 is 10.6 Å². The van der Waals surface area contributed by atoms with Crippen molar-refractivity contribution < 1.29 is 0 Å². The van der Waals surface area contributed by atoms with E-state index in [1.807, 2.05) is 60.7 Å². The van der Waals surface area contributed by atoms with Crippen molar-refractivity contribution in [2.45, 2.75) is 0 Å². The number of pyridine rings is 4. The van der Waals surface area contributed by atoms with E-state index in [9.17, 15) is 0 Å². The van der Waals surface area contributed by atoms with Gasteiger partial charge in [-0.25, -0.2) is 19.9 Å². The largest absolute Gasteiger partial charge is 0.325 e. The summed E-state index contributed by atoms with van der Waals surface area (Å²) in [5.41, 5.74) is 0.650. The van der Waals surface area contributed by atoms with Crippen molar-refractivity contribution in [2.24, 2.45) is 0 Å². The molecule has 0 bridgehead atoms. The summed E-state index contributed by atoms with van der Waals surface area (Å²) in [5.74, 6) is 2.88. The summed E-state index contributed by atoms with van der Waals surface area (Å²) in [4.78, 5) is 17.6. The fourth-order valence-electron chi connectivity index (χ4n) is 2.27. The summed E-state index contributed by atoms with van der Waals surface area (Å²) >= 11 is 0. The molecule has 4 heterocycles. The second kappa shape index (κ2) is 6.29. The molecule has 0 spiro atoms. The highest BCUT2D eigenvalue weighted by Crippen LogP contribution is 2.19. The molecule has 0 aliphatic carbocycles. The average molecular weight is 314 g/mol. The van der Waals surface area contributed by atoms with E-state index in [0.29, 0.717) is 17.3 Å². The van der Waals surface area contributed by atoms with Crippen molar-refractivity contribution in [3.63, 3.8) is 0 Å². The first kappa shape index (κ1) is 14.1. The molecule has 2 N–H and O–H groups in total. The highest BCUT2D eigenvalue weighted by atomic mass is 15.1. The molecular formula is C18H14N6. The van der Waals surface area contributed by atoms with Crippen molar-refractivity contribution >= 4 is 34.3 Å². The third kappa shape index (κ3) is 3.12. The summed E-state index contributed by atoms with van der Waals surface area (Å²) in [6.45, 7) is 0. The fourth-order valence-corrected chi connectivity index (χ4v) is 2.27. The van der Waals surface area contributed by atoms with Gasteiger partial charge in [0.2, 0.25) is 0 Å². The van der Waals surface area contributed by atoms with Gasteiger partial charge in [-0.05, 0) is 48.5 Å². The van der Waals surface area contributed by atoms with Crippen LogP contribution in [0.2, 0.25) is 0 Å². The first-order chi connectivity index (χ1) is 11.9. The van der Waals surface area contributed by atoms with E-state index in [1.54, 1.807) is 12.4 Å². The molecule has 6 heteroatoms. The minimum atomic E-state index is 0.650. The van der Waals surface area contributed by atoms with E-state index in [4.69, 9.17) is 0 Å². The zero-order chi connectivity index (χ0) is 16.2. The minimum absolute atomic E-state index is 0.650. The Morgan fingerprint density at radius 1 is 0.542 bits per heavy atom. The normalized spacial score (nSPS) is 10.5. The Bertz CT molecular complexity index is 880. The van der Waals surface area contributed by atoms with Gasteiger partial charge in [-0.2, -0.15) is 0 Å². The van der Waals surface area contributed by atoms with Crippen LogP contribution in [0.5, 0.6) is 0 Å². The maximum atomic E-state index is 4.55. The lowest BCUT2D eigenvalue weighted by atomic mass is 10.3. The molecule has 0 radical (unpaired) electrons. The van der Waals surface area contributed by atoms with Gasteiger partial charge in [-0.3, -0.25) is 0 Å². The van der Waals surface area contributed by atoms with Crippen molar-refractivity contribution in [3.05, 3.63) is 73.1 Å². The Balaban J connectivity index is 1.63. The summed E-state index contributed by atoms with van der Waals surface area (Å²) < 4.78 is 0. The third-order valence-electron chi connectivity index (χ3n) is 3.39. The van der Waals surface area contributed by atoms with Crippen molar-refractivity contribution in [1.82, 2.24) is 19.9 Å². The predicted octanol–water partition coefficient (Wildman–Crippen LogP) is 3.91. The van der Waals surface area contributed by atoms with E-state index in [-0.39, 0.29) is 0 Å². The van der Waals surface area contributed by atoms with E-state index in [0.717, 1.165) is 17.0 Å². The Kier molecular flexibility index (Phi) is 3.69. The lowest BCUT2D eigenvalue weighted by Crippen LogP contribution is -1.99. The van der Waals surface area contributed by atoms with Gasteiger partial charge in [0.25, 0.3) is 0 Å². The van der Waals surface area contributed by atoms with E-state index in [2.05, 4.69) is 30.6 Å². The number of hydrogen-bond donors (Lipinski definition) is 2. The smallest absolute Gasteiger partial charge is 0.163 e. The van der Waals surface area contributed by atoms with Crippen LogP contribution in [0.25, 0.3) is 11.0 Å². The van der Waals surface area contributed by atoms with Gasteiger partial charge in [0.1, 0.15) is 23.3 Å². The number of hydrogen-bond acceptors (Lipinski definition) is 6. The molecule has 116 valence electrons. The molecule has 0 unspecified atom stereocenters. The van der Waals surface area contributed by atoms with Crippen LogP contribution in [0.1, 0.15) is 0 Å². The Morgan fingerprint density at radius 3 is 1.54 bits per heavy atom. The molecule has 4 rings (SSSR count). The maximum Gasteiger partial charge on any atom is 0.163 e. The van der Waals surface area contributed by atoms with Gasteiger partial charge >= 0.3 is 0 Å². The quantitative estimate of drug-likeness (QED) is 0.595. The Labute approximate surface area is 138 Å². The zero-order valence-corrected chi connectivity index (χ0v) is 12.7. The van der Waals surface area contributed by atoms with Crippen LogP contribution < -0.4 is 10.6 Å². The highest BCUT2D eigenvalue weighted by Gasteiger charge is 2.03.